The van der Waals surface area contributed by atoms with Gasteiger partial charge in [-0.2, -0.15) is 0 Å². The average Bonchev–Trinajstić information content (AvgIpc) is 3.09. The summed E-state index contributed by atoms with van der Waals surface area (Å²) in [5.41, 5.74) is 2.84. The maximum Gasteiger partial charge on any atom is 0.0564 e. The van der Waals surface area contributed by atoms with Crippen LogP contribution in [-0.4, -0.2) is 180 Å². The third kappa shape index (κ3) is 20.0. The summed E-state index contributed by atoms with van der Waals surface area (Å²) in [6, 6.07) is 0. The highest BCUT2D eigenvalue weighted by Crippen LogP contribution is 2.19. The second kappa shape index (κ2) is 25.4. The quantitative estimate of drug-likeness (QED) is 0.0357. The van der Waals surface area contributed by atoms with E-state index in [1.165, 1.54) is 0 Å². The smallest absolute Gasteiger partial charge is 0.0564 e. The van der Waals surface area contributed by atoms with Gasteiger partial charge in [-0.25, -0.2) is 0 Å². The van der Waals surface area contributed by atoms with Crippen LogP contribution in [0.4, 0.5) is 0 Å². The molecule has 0 amide bonds. The van der Waals surface area contributed by atoms with Crippen molar-refractivity contribution in [2.45, 2.75) is 27.7 Å². The molecule has 0 fully saturated rings. The molecule has 0 rings (SSSR count). The Hall–Kier alpha value is -0.600. The largest absolute Gasteiger partial charge is 0.396 e. The Labute approximate surface area is 280 Å². The highest BCUT2D eigenvalue weighted by molar-refractivity contribution is 4.75. The first-order chi connectivity index (χ1) is 22.3. The first-order valence-electron chi connectivity index (χ1n) is 16.3. The predicted octanol–water partition coefficient (Wildman–Crippen LogP) is -2.14. The molecule has 10 N–H and O–H groups in total. The molecule has 15 nitrogen and oxygen atoms in total. The van der Waals surface area contributed by atoms with Crippen molar-refractivity contribution >= 4 is 0 Å². The Balaban J connectivity index is 5.07. The zero-order valence-electron chi connectivity index (χ0n) is 29.2. The molecule has 15 heteroatoms. The van der Waals surface area contributed by atoms with E-state index in [9.17, 15) is 40.9 Å². The van der Waals surface area contributed by atoms with Crippen LogP contribution in [0.2, 0.25) is 0 Å². The predicted molar refractivity (Wildman–Crippen MR) is 174 cm³/mol. The van der Waals surface area contributed by atoms with Crippen molar-refractivity contribution in [1.29, 1.82) is 0 Å². The van der Waals surface area contributed by atoms with Crippen LogP contribution in [0, 0.1) is 39.4 Å². The van der Waals surface area contributed by atoms with Gasteiger partial charge in [-0.1, -0.05) is 27.7 Å². The lowest BCUT2D eigenvalue weighted by Gasteiger charge is -2.28. The standard InChI is InChI=1S/C32H67NO14/c1-29(14-34,15-35)22-44-10-27(11-45-23-30(2,16-36)17-37)8-42-6-26(5-33)7-43-9-28(12-46-24-31(3,18-38)19-39)13-47-25-32(4,20-40)21-41/h26-28,34-41H,5-25,33H2,1-4H3. The zero-order valence-corrected chi connectivity index (χ0v) is 29.2. The fraction of sp³-hybridized carbons (Fsp3) is 1.00. The normalized spacial score (nSPS) is 13.5. The lowest BCUT2D eigenvalue weighted by molar-refractivity contribution is -0.0760. The van der Waals surface area contributed by atoms with Gasteiger partial charge in [0.25, 0.3) is 0 Å². The zero-order chi connectivity index (χ0) is 35.8. The summed E-state index contributed by atoms with van der Waals surface area (Å²) in [6.07, 6.45) is 0. The number of nitrogens with two attached hydrogens (primary N) is 1. The van der Waals surface area contributed by atoms with Crippen molar-refractivity contribution in [1.82, 2.24) is 0 Å². The van der Waals surface area contributed by atoms with Crippen LogP contribution in [0.15, 0.2) is 0 Å². The SMILES string of the molecule is CC(CO)(CO)COCC(COCC(CN)COCC(COCC(C)(CO)CO)COCC(C)(CO)CO)COCC(C)(CO)CO. The summed E-state index contributed by atoms with van der Waals surface area (Å²) in [5, 5.41) is 76.4. The van der Waals surface area contributed by atoms with Crippen LogP contribution in [-0.2, 0) is 28.4 Å². The van der Waals surface area contributed by atoms with Gasteiger partial charge in [0.05, 0.1) is 132 Å². The number of rotatable bonds is 33. The molecule has 0 aliphatic carbocycles. The first-order valence-corrected chi connectivity index (χ1v) is 16.3. The van der Waals surface area contributed by atoms with Crippen LogP contribution in [0.25, 0.3) is 0 Å². The van der Waals surface area contributed by atoms with E-state index >= 15 is 0 Å². The second-order valence-electron chi connectivity index (χ2n) is 14.5. The molecule has 284 valence electrons. The molecule has 0 aromatic rings. The molecule has 0 heterocycles. The Morgan fingerprint density at radius 3 is 0.745 bits per heavy atom. The molecule has 0 saturated carbocycles. The minimum atomic E-state index is -0.788. The van der Waals surface area contributed by atoms with Crippen LogP contribution in [0.1, 0.15) is 27.7 Å². The summed E-state index contributed by atoms with van der Waals surface area (Å²) in [4.78, 5) is 0. The lowest BCUT2D eigenvalue weighted by atomic mass is 9.94. The Kier molecular flexibility index (Phi) is 25.0. The fourth-order valence-electron chi connectivity index (χ4n) is 3.73. The van der Waals surface area contributed by atoms with E-state index in [1.807, 2.05) is 0 Å². The van der Waals surface area contributed by atoms with Gasteiger partial charge in [-0.3, -0.25) is 0 Å². The summed E-state index contributed by atoms with van der Waals surface area (Å²) in [7, 11) is 0. The van der Waals surface area contributed by atoms with Crippen molar-refractivity contribution in [3.8, 4) is 0 Å². The van der Waals surface area contributed by atoms with Gasteiger partial charge >= 0.3 is 0 Å². The minimum Gasteiger partial charge on any atom is -0.396 e. The number of hydrogen-bond acceptors (Lipinski definition) is 15. The topological polar surface area (TPSA) is 243 Å². The average molecular weight is 690 g/mol. The van der Waals surface area contributed by atoms with Crippen molar-refractivity contribution < 1.29 is 69.3 Å². The first kappa shape index (κ1) is 46.4. The van der Waals surface area contributed by atoms with Crippen LogP contribution >= 0.6 is 0 Å². The van der Waals surface area contributed by atoms with E-state index in [-0.39, 0.29) is 150 Å². The number of ether oxygens (including phenoxy) is 6. The summed E-state index contributed by atoms with van der Waals surface area (Å²) in [6.45, 7) is 7.77. The van der Waals surface area contributed by atoms with Crippen LogP contribution in [0.3, 0.4) is 0 Å². The molecule has 0 atom stereocenters. The molecule has 0 aromatic carbocycles. The van der Waals surface area contributed by atoms with E-state index in [1.54, 1.807) is 27.7 Å². The molecule has 0 saturated heterocycles. The fourth-order valence-corrected chi connectivity index (χ4v) is 3.73. The number of aliphatic hydroxyl groups is 8. The van der Waals surface area contributed by atoms with Gasteiger partial charge in [-0.05, 0) is 6.54 Å². The van der Waals surface area contributed by atoms with E-state index in [4.69, 9.17) is 34.2 Å². The molecule has 0 unspecified atom stereocenters. The maximum absolute atomic E-state index is 9.55. The molecular weight excluding hydrogens is 622 g/mol. The van der Waals surface area contributed by atoms with Gasteiger partial charge < -0.3 is 75.0 Å². The molecule has 0 aromatic heterocycles. The number of aliphatic hydroxyl groups excluding tert-OH is 8. The van der Waals surface area contributed by atoms with Gasteiger partial charge in [0, 0.05) is 39.4 Å². The highest BCUT2D eigenvalue weighted by atomic mass is 16.5. The van der Waals surface area contributed by atoms with E-state index in [0.717, 1.165) is 0 Å². The van der Waals surface area contributed by atoms with Gasteiger partial charge in [-0.15, -0.1) is 0 Å². The Morgan fingerprint density at radius 1 is 0.362 bits per heavy atom. The van der Waals surface area contributed by atoms with Crippen molar-refractivity contribution in [3.63, 3.8) is 0 Å². The number of hydrogen-bond donors (Lipinski definition) is 9. The maximum atomic E-state index is 9.55. The van der Waals surface area contributed by atoms with Crippen molar-refractivity contribution in [2.75, 3.05) is 139 Å². The van der Waals surface area contributed by atoms with Gasteiger partial charge in [0.15, 0.2) is 0 Å². The summed E-state index contributed by atoms with van der Waals surface area (Å²) in [5.74, 6) is -0.579. The van der Waals surface area contributed by atoms with E-state index in [2.05, 4.69) is 0 Å². The molecule has 0 aliphatic heterocycles. The van der Waals surface area contributed by atoms with Crippen LogP contribution in [0.5, 0.6) is 0 Å². The molecule has 0 spiro atoms. The molecule has 0 aliphatic rings. The Morgan fingerprint density at radius 2 is 0.553 bits per heavy atom. The molecular formula is C32H67NO14. The van der Waals surface area contributed by atoms with E-state index < -0.39 is 21.7 Å². The van der Waals surface area contributed by atoms with E-state index in [0.29, 0.717) is 6.54 Å². The minimum absolute atomic E-state index is 0.133. The highest BCUT2D eigenvalue weighted by Gasteiger charge is 2.27. The van der Waals surface area contributed by atoms with Crippen LogP contribution < -0.4 is 5.73 Å². The van der Waals surface area contributed by atoms with Gasteiger partial charge in [0.1, 0.15) is 0 Å². The third-order valence-corrected chi connectivity index (χ3v) is 8.02. The van der Waals surface area contributed by atoms with Crippen molar-refractivity contribution in [3.05, 3.63) is 0 Å². The molecule has 0 bridgehead atoms. The summed E-state index contributed by atoms with van der Waals surface area (Å²) < 4.78 is 35.1. The molecule has 0 radical (unpaired) electrons. The second-order valence-corrected chi connectivity index (χ2v) is 14.5. The Bertz CT molecular complexity index is 627. The lowest BCUT2D eigenvalue weighted by Crippen LogP contribution is -2.36. The molecule has 47 heavy (non-hydrogen) atoms. The van der Waals surface area contributed by atoms with Crippen molar-refractivity contribution in [2.24, 2.45) is 45.1 Å². The monoisotopic (exact) mass is 689 g/mol. The third-order valence-electron chi connectivity index (χ3n) is 8.02. The van der Waals surface area contributed by atoms with Gasteiger partial charge in [0.2, 0.25) is 0 Å². The summed E-state index contributed by atoms with van der Waals surface area (Å²) >= 11 is 0.